The number of Topliss-reactive ketones (excluding diaryl/α,β-unsaturated/α-hetero) is 1. The Morgan fingerprint density at radius 2 is 1.43 bits per heavy atom. The van der Waals surface area contributed by atoms with E-state index in [1.54, 1.807) is 12.4 Å². The number of carbonyl (C=O) groups is 1. The number of hydrogen-bond donors (Lipinski definition) is 0. The number of ketones is 1. The van der Waals surface area contributed by atoms with Gasteiger partial charge in [0.2, 0.25) is 0 Å². The van der Waals surface area contributed by atoms with Gasteiger partial charge >= 0.3 is 0 Å². The molecule has 0 aliphatic carbocycles. The van der Waals surface area contributed by atoms with E-state index in [1.807, 2.05) is 6.92 Å². The van der Waals surface area contributed by atoms with E-state index in [-0.39, 0.29) is 11.7 Å². The Bertz CT molecular complexity index is 805. The molecule has 1 unspecified atom stereocenters. The van der Waals surface area contributed by atoms with Gasteiger partial charge in [-0.3, -0.25) is 4.79 Å². The summed E-state index contributed by atoms with van der Waals surface area (Å²) in [6, 6.07) is 8.56. The molecule has 0 saturated heterocycles. The molecule has 2 aromatic rings. The lowest BCUT2D eigenvalue weighted by molar-refractivity contribution is -0.243. The molecule has 1 aromatic carbocycles. The first-order chi connectivity index (χ1) is 17.2. The number of carbonyl (C=O) groups excluding carboxylic acids is 1. The summed E-state index contributed by atoms with van der Waals surface area (Å²) >= 11 is 0. The van der Waals surface area contributed by atoms with Crippen molar-refractivity contribution < 1.29 is 14.6 Å². The van der Waals surface area contributed by atoms with Crippen LogP contribution in [-0.4, -0.2) is 21.9 Å². The summed E-state index contributed by atoms with van der Waals surface area (Å²) in [5, 5.41) is 0. The van der Waals surface area contributed by atoms with Crippen LogP contribution in [-0.2, 0) is 16.1 Å². The molecule has 0 aliphatic rings. The molecule has 1 aromatic heterocycles. The van der Waals surface area contributed by atoms with E-state index >= 15 is 0 Å². The number of aryl methyl sites for hydroxylation is 1. The highest BCUT2D eigenvalue weighted by Crippen LogP contribution is 2.20. The lowest BCUT2D eigenvalue weighted by Gasteiger charge is -2.14. The van der Waals surface area contributed by atoms with Gasteiger partial charge in [0.25, 0.3) is 5.88 Å². The Morgan fingerprint density at radius 1 is 0.771 bits per heavy atom. The largest absolute Gasteiger partial charge is 0.314 e. The maximum atomic E-state index is 12.5. The highest BCUT2D eigenvalue weighted by atomic mass is 17.2. The van der Waals surface area contributed by atoms with Crippen molar-refractivity contribution in [1.29, 1.82) is 0 Å². The Labute approximate surface area is 213 Å². The highest BCUT2D eigenvalue weighted by molar-refractivity contribution is 5.82. The first kappa shape index (κ1) is 29.0. The van der Waals surface area contributed by atoms with Crippen molar-refractivity contribution in [3.05, 3.63) is 42.2 Å². The van der Waals surface area contributed by atoms with Gasteiger partial charge in [0.05, 0.1) is 18.1 Å². The van der Waals surface area contributed by atoms with Crippen LogP contribution in [0.25, 0.3) is 11.3 Å². The molecule has 5 heteroatoms. The number of hydrogen-bond acceptors (Lipinski definition) is 5. The minimum atomic E-state index is -0.549. The summed E-state index contributed by atoms with van der Waals surface area (Å²) in [6.07, 6.45) is 19.4. The summed E-state index contributed by atoms with van der Waals surface area (Å²) in [5.74, 6) is 0.374. The zero-order chi connectivity index (χ0) is 25.1. The number of unbranched alkanes of at least 4 members (excludes halogenated alkanes) is 9. The van der Waals surface area contributed by atoms with Gasteiger partial charge in [0, 0.05) is 12.0 Å². The molecule has 1 atom stereocenters. The molecule has 0 bridgehead atoms. The molecule has 0 fully saturated rings. The maximum absolute atomic E-state index is 12.5. The lowest BCUT2D eigenvalue weighted by Crippen LogP contribution is -2.26. The summed E-state index contributed by atoms with van der Waals surface area (Å²) in [7, 11) is 0. The summed E-state index contributed by atoms with van der Waals surface area (Å²) in [6.45, 7) is 6.48. The third-order valence-corrected chi connectivity index (χ3v) is 6.38. The predicted molar refractivity (Wildman–Crippen MR) is 143 cm³/mol. The monoisotopic (exact) mass is 482 g/mol. The van der Waals surface area contributed by atoms with Crippen molar-refractivity contribution in [2.45, 2.75) is 123 Å². The first-order valence-corrected chi connectivity index (χ1v) is 13.9. The molecule has 1 heterocycles. The summed E-state index contributed by atoms with van der Waals surface area (Å²) < 4.78 is 0. The van der Waals surface area contributed by atoms with E-state index < -0.39 is 6.10 Å². The fourth-order valence-corrected chi connectivity index (χ4v) is 4.16. The van der Waals surface area contributed by atoms with Crippen molar-refractivity contribution in [2.24, 2.45) is 0 Å². The van der Waals surface area contributed by atoms with E-state index in [9.17, 15) is 4.79 Å². The average Bonchev–Trinajstić information content (AvgIpc) is 2.89. The summed E-state index contributed by atoms with van der Waals surface area (Å²) in [5.41, 5.74) is 3.18. The van der Waals surface area contributed by atoms with Gasteiger partial charge in [-0.15, -0.1) is 0 Å². The van der Waals surface area contributed by atoms with E-state index in [2.05, 4.69) is 48.1 Å². The molecule has 194 valence electrons. The van der Waals surface area contributed by atoms with Crippen molar-refractivity contribution >= 4 is 5.78 Å². The normalized spacial score (nSPS) is 12.0. The topological polar surface area (TPSA) is 61.3 Å². The van der Waals surface area contributed by atoms with Crippen molar-refractivity contribution in [3.8, 4) is 17.1 Å². The van der Waals surface area contributed by atoms with E-state index in [0.29, 0.717) is 12.8 Å². The molecule has 0 amide bonds. The number of rotatable bonds is 20. The Balaban J connectivity index is 1.78. The fourth-order valence-electron chi connectivity index (χ4n) is 4.16. The molecular weight excluding hydrogens is 436 g/mol. The SMILES string of the molecule is CCCCCCCCc1ccc(-c2cnc(OOC(CCC)C(=O)CCCCCCC)cn2)cc1. The Morgan fingerprint density at radius 3 is 2.06 bits per heavy atom. The van der Waals surface area contributed by atoms with Crippen molar-refractivity contribution in [3.63, 3.8) is 0 Å². The molecule has 0 saturated carbocycles. The van der Waals surface area contributed by atoms with Gasteiger partial charge in [0.1, 0.15) is 0 Å². The van der Waals surface area contributed by atoms with Crippen LogP contribution in [0.5, 0.6) is 5.88 Å². The number of aromatic nitrogens is 2. The molecule has 0 radical (unpaired) electrons. The van der Waals surface area contributed by atoms with Gasteiger partial charge in [0.15, 0.2) is 11.9 Å². The van der Waals surface area contributed by atoms with Gasteiger partial charge in [-0.25, -0.2) is 9.97 Å². The van der Waals surface area contributed by atoms with Crippen LogP contribution < -0.4 is 4.89 Å². The van der Waals surface area contributed by atoms with Gasteiger partial charge < -0.3 is 4.89 Å². The zero-order valence-electron chi connectivity index (χ0n) is 22.3. The Kier molecular flexibility index (Phi) is 14.9. The number of benzene rings is 1. The zero-order valence-corrected chi connectivity index (χ0v) is 22.3. The Hall–Kier alpha value is -2.27. The molecule has 2 rings (SSSR count). The molecule has 35 heavy (non-hydrogen) atoms. The van der Waals surface area contributed by atoms with Crippen LogP contribution in [0.2, 0.25) is 0 Å². The first-order valence-electron chi connectivity index (χ1n) is 13.9. The van der Waals surface area contributed by atoms with Crippen LogP contribution in [0.1, 0.15) is 116 Å². The minimum Gasteiger partial charge on any atom is -0.314 e. The van der Waals surface area contributed by atoms with Crippen LogP contribution in [0, 0.1) is 0 Å². The molecular formula is C30H46N2O3. The van der Waals surface area contributed by atoms with E-state index in [1.165, 1.54) is 63.4 Å². The minimum absolute atomic E-state index is 0.106. The van der Waals surface area contributed by atoms with E-state index in [4.69, 9.17) is 9.78 Å². The van der Waals surface area contributed by atoms with Crippen molar-refractivity contribution in [2.75, 3.05) is 0 Å². The third kappa shape index (κ3) is 11.8. The van der Waals surface area contributed by atoms with Gasteiger partial charge in [-0.05, 0) is 31.2 Å². The molecule has 0 N–H and O–H groups in total. The second kappa shape index (κ2) is 18.1. The number of nitrogens with zero attached hydrogens (tertiary/aromatic N) is 2. The van der Waals surface area contributed by atoms with Crippen LogP contribution >= 0.6 is 0 Å². The quantitative estimate of drug-likeness (QED) is 0.108. The summed E-state index contributed by atoms with van der Waals surface area (Å²) in [4.78, 5) is 32.2. The average molecular weight is 483 g/mol. The highest BCUT2D eigenvalue weighted by Gasteiger charge is 2.20. The molecule has 0 spiro atoms. The standard InChI is InChI=1S/C30H46N2O3/c1-4-7-9-11-13-14-17-25-19-21-26(22-20-25)27-23-32-30(24-31-27)35-34-29(16-6-3)28(33)18-15-12-10-8-5-2/h19-24,29H,4-18H2,1-3H3. The molecule has 0 aliphatic heterocycles. The fraction of sp³-hybridized carbons (Fsp3) is 0.633. The lowest BCUT2D eigenvalue weighted by atomic mass is 10.0. The van der Waals surface area contributed by atoms with Crippen molar-refractivity contribution in [1.82, 2.24) is 9.97 Å². The van der Waals surface area contributed by atoms with Crippen LogP contribution in [0.15, 0.2) is 36.7 Å². The smallest absolute Gasteiger partial charge is 0.274 e. The maximum Gasteiger partial charge on any atom is 0.274 e. The van der Waals surface area contributed by atoms with Gasteiger partial charge in [-0.2, -0.15) is 4.89 Å². The molecule has 5 nitrogen and oxygen atoms in total. The predicted octanol–water partition coefficient (Wildman–Crippen LogP) is 8.46. The third-order valence-electron chi connectivity index (χ3n) is 6.38. The van der Waals surface area contributed by atoms with Gasteiger partial charge in [-0.1, -0.05) is 109 Å². The van der Waals surface area contributed by atoms with Crippen LogP contribution in [0.4, 0.5) is 0 Å². The van der Waals surface area contributed by atoms with Crippen LogP contribution in [0.3, 0.4) is 0 Å². The second-order valence-electron chi connectivity index (χ2n) is 9.54. The van der Waals surface area contributed by atoms with E-state index in [0.717, 1.165) is 36.9 Å². The second-order valence-corrected chi connectivity index (χ2v) is 9.54.